The van der Waals surface area contributed by atoms with Crippen LogP contribution in [0.1, 0.15) is 6.23 Å². The number of fused-ring (bicyclic) bond motifs is 1. The molecule has 10 nitrogen and oxygen atoms in total. The SMILES string of the molecule is CO[C@]1(O)C(n2ccc3c(N)nc(N)nc32)O[C@H](CO)[C@H]1O. The molecule has 2 aromatic heterocycles. The molecule has 0 saturated carbocycles. The summed E-state index contributed by atoms with van der Waals surface area (Å²) in [6.07, 6.45) is -2.04. The number of hydrogen-bond donors (Lipinski definition) is 5. The third kappa shape index (κ3) is 1.93. The number of ether oxygens (including phenoxy) is 2. The fourth-order valence-corrected chi connectivity index (χ4v) is 2.64. The molecule has 4 atom stereocenters. The van der Waals surface area contributed by atoms with Gasteiger partial charge < -0.3 is 40.8 Å². The number of aliphatic hydroxyl groups excluding tert-OH is 2. The van der Waals surface area contributed by atoms with Crippen molar-refractivity contribution in [1.82, 2.24) is 14.5 Å². The van der Waals surface area contributed by atoms with Crippen molar-refractivity contribution in [3.8, 4) is 0 Å². The van der Waals surface area contributed by atoms with Crippen LogP contribution in [-0.2, 0) is 9.47 Å². The molecule has 1 saturated heterocycles. The van der Waals surface area contributed by atoms with Crippen molar-refractivity contribution in [2.24, 2.45) is 0 Å². The summed E-state index contributed by atoms with van der Waals surface area (Å²) in [6.45, 7) is -0.484. The Morgan fingerprint density at radius 2 is 2.18 bits per heavy atom. The van der Waals surface area contributed by atoms with Crippen LogP contribution in [0.3, 0.4) is 0 Å². The van der Waals surface area contributed by atoms with Gasteiger partial charge in [-0.1, -0.05) is 0 Å². The third-order valence-corrected chi connectivity index (χ3v) is 3.81. The number of nitrogen functional groups attached to an aromatic ring is 2. The van der Waals surface area contributed by atoms with Crippen LogP contribution in [0.5, 0.6) is 0 Å². The second kappa shape index (κ2) is 5.04. The normalized spacial score (nSPS) is 31.9. The predicted molar refractivity (Wildman–Crippen MR) is 75.3 cm³/mol. The minimum Gasteiger partial charge on any atom is -0.394 e. The second-order valence-corrected chi connectivity index (χ2v) is 5.04. The van der Waals surface area contributed by atoms with Crippen molar-refractivity contribution in [2.75, 3.05) is 25.2 Å². The Hall–Kier alpha value is -1.98. The largest absolute Gasteiger partial charge is 0.394 e. The summed E-state index contributed by atoms with van der Waals surface area (Å²) in [5.74, 6) is -1.92. The topological polar surface area (TPSA) is 162 Å². The highest BCUT2D eigenvalue weighted by molar-refractivity contribution is 5.87. The Morgan fingerprint density at radius 3 is 2.82 bits per heavy atom. The molecule has 1 unspecified atom stereocenters. The fraction of sp³-hybridized carbons (Fsp3) is 0.500. The lowest BCUT2D eigenvalue weighted by Crippen LogP contribution is -2.48. The van der Waals surface area contributed by atoms with E-state index in [1.165, 1.54) is 11.7 Å². The smallest absolute Gasteiger partial charge is 0.241 e. The molecule has 1 fully saturated rings. The van der Waals surface area contributed by atoms with Crippen LogP contribution < -0.4 is 11.5 Å². The van der Waals surface area contributed by atoms with E-state index in [1.54, 1.807) is 12.3 Å². The van der Waals surface area contributed by atoms with E-state index in [9.17, 15) is 15.3 Å². The minimum atomic E-state index is -2.06. The van der Waals surface area contributed by atoms with Gasteiger partial charge in [-0.3, -0.25) is 0 Å². The van der Waals surface area contributed by atoms with Gasteiger partial charge in [-0.15, -0.1) is 0 Å². The first-order valence-corrected chi connectivity index (χ1v) is 6.53. The van der Waals surface area contributed by atoms with Crippen molar-refractivity contribution in [3.63, 3.8) is 0 Å². The van der Waals surface area contributed by atoms with E-state index in [1.807, 2.05) is 0 Å². The maximum atomic E-state index is 10.6. The number of nitrogens with zero attached hydrogens (tertiary/aromatic N) is 3. The van der Waals surface area contributed by atoms with Gasteiger partial charge in [-0.05, 0) is 6.07 Å². The Kier molecular flexibility index (Phi) is 3.42. The maximum absolute atomic E-state index is 10.6. The third-order valence-electron chi connectivity index (χ3n) is 3.81. The molecule has 0 bridgehead atoms. The molecule has 3 heterocycles. The van der Waals surface area contributed by atoms with Gasteiger partial charge in [0.1, 0.15) is 23.7 Å². The fourth-order valence-electron chi connectivity index (χ4n) is 2.64. The molecule has 0 aliphatic carbocycles. The number of aromatic nitrogens is 3. The van der Waals surface area contributed by atoms with Crippen LogP contribution in [0.15, 0.2) is 12.3 Å². The van der Waals surface area contributed by atoms with Crippen LogP contribution in [0.25, 0.3) is 11.0 Å². The molecule has 0 aromatic carbocycles. The second-order valence-electron chi connectivity index (χ2n) is 5.04. The minimum absolute atomic E-state index is 0.0387. The van der Waals surface area contributed by atoms with E-state index in [2.05, 4.69) is 9.97 Å². The first kappa shape index (κ1) is 14.9. The molecular formula is C12H17N5O5. The summed E-state index contributed by atoms with van der Waals surface area (Å²) in [4.78, 5) is 7.93. The van der Waals surface area contributed by atoms with E-state index < -0.39 is 30.8 Å². The number of nitrogens with two attached hydrogens (primary N) is 2. The Balaban J connectivity index is 2.14. The molecule has 7 N–H and O–H groups in total. The lowest BCUT2D eigenvalue weighted by molar-refractivity contribution is -0.264. The molecule has 3 rings (SSSR count). The van der Waals surface area contributed by atoms with Crippen molar-refractivity contribution in [1.29, 1.82) is 0 Å². The number of hydrogen-bond acceptors (Lipinski definition) is 9. The summed E-state index contributed by atoms with van der Waals surface area (Å²) in [7, 11) is 1.22. The predicted octanol–water partition coefficient (Wildman–Crippen LogP) is -1.82. The van der Waals surface area contributed by atoms with Crippen molar-refractivity contribution in [2.45, 2.75) is 24.2 Å². The molecule has 120 valence electrons. The van der Waals surface area contributed by atoms with Crippen LogP contribution in [0.4, 0.5) is 11.8 Å². The average molecular weight is 311 g/mol. The molecular weight excluding hydrogens is 294 g/mol. The maximum Gasteiger partial charge on any atom is 0.241 e. The summed E-state index contributed by atoms with van der Waals surface area (Å²) < 4.78 is 12.0. The highest BCUT2D eigenvalue weighted by Crippen LogP contribution is 2.40. The van der Waals surface area contributed by atoms with Gasteiger partial charge in [0.05, 0.1) is 12.0 Å². The van der Waals surface area contributed by atoms with Gasteiger partial charge in [0.15, 0.2) is 6.23 Å². The summed E-state index contributed by atoms with van der Waals surface area (Å²) >= 11 is 0. The standard InChI is InChI=1S/C12H17N5O5/c1-21-12(20)7(19)6(4-18)22-10(12)17-3-2-5-8(13)15-11(14)16-9(5)17/h2-3,6-7,10,18-20H,4H2,1H3,(H4,13,14,15,16)/t6-,7-,10?,12+/m1/s1. The van der Waals surface area contributed by atoms with Crippen LogP contribution >= 0.6 is 0 Å². The quantitative estimate of drug-likeness (QED) is 0.411. The number of rotatable bonds is 3. The van der Waals surface area contributed by atoms with Crippen LogP contribution in [-0.4, -0.2) is 61.6 Å². The summed E-state index contributed by atoms with van der Waals surface area (Å²) in [6, 6.07) is 1.63. The van der Waals surface area contributed by atoms with E-state index in [0.717, 1.165) is 0 Å². The molecule has 1 aliphatic rings. The molecule has 1 aliphatic heterocycles. The molecule has 2 aromatic rings. The molecule has 10 heteroatoms. The van der Waals surface area contributed by atoms with E-state index in [4.69, 9.17) is 20.9 Å². The van der Waals surface area contributed by atoms with Crippen LogP contribution in [0.2, 0.25) is 0 Å². The number of anilines is 2. The van der Waals surface area contributed by atoms with Gasteiger partial charge in [0, 0.05) is 13.3 Å². The zero-order valence-corrected chi connectivity index (χ0v) is 11.7. The lowest BCUT2D eigenvalue weighted by Gasteiger charge is -2.30. The van der Waals surface area contributed by atoms with Gasteiger partial charge in [0.2, 0.25) is 11.7 Å². The molecule has 22 heavy (non-hydrogen) atoms. The molecule has 0 radical (unpaired) electrons. The first-order valence-electron chi connectivity index (χ1n) is 6.53. The zero-order valence-electron chi connectivity index (χ0n) is 11.7. The number of aliphatic hydroxyl groups is 3. The summed E-state index contributed by atoms with van der Waals surface area (Å²) in [5.41, 5.74) is 11.7. The van der Waals surface area contributed by atoms with Crippen LogP contribution in [0, 0.1) is 0 Å². The Labute approximate surface area is 124 Å². The lowest BCUT2D eigenvalue weighted by atomic mass is 10.1. The highest BCUT2D eigenvalue weighted by atomic mass is 16.7. The van der Waals surface area contributed by atoms with Crippen molar-refractivity contribution >= 4 is 22.8 Å². The Bertz CT molecular complexity index is 707. The number of methoxy groups -OCH3 is 1. The first-order chi connectivity index (χ1) is 10.4. The van der Waals surface area contributed by atoms with Crippen molar-refractivity contribution < 1.29 is 24.8 Å². The average Bonchev–Trinajstić information content (AvgIpc) is 3.00. The van der Waals surface area contributed by atoms with Gasteiger partial charge in [-0.25, -0.2) is 0 Å². The summed E-state index contributed by atoms with van der Waals surface area (Å²) in [5, 5.41) is 30.4. The zero-order chi connectivity index (χ0) is 16.1. The van der Waals surface area contributed by atoms with E-state index in [-0.39, 0.29) is 11.8 Å². The molecule has 0 spiro atoms. The van der Waals surface area contributed by atoms with E-state index in [0.29, 0.717) is 11.0 Å². The monoisotopic (exact) mass is 311 g/mol. The molecule has 0 amide bonds. The Morgan fingerprint density at radius 1 is 1.45 bits per heavy atom. The van der Waals surface area contributed by atoms with Gasteiger partial charge in [-0.2, -0.15) is 9.97 Å². The van der Waals surface area contributed by atoms with Gasteiger partial charge in [0.25, 0.3) is 0 Å². The van der Waals surface area contributed by atoms with Gasteiger partial charge >= 0.3 is 0 Å². The highest BCUT2D eigenvalue weighted by Gasteiger charge is 2.57. The van der Waals surface area contributed by atoms with E-state index >= 15 is 0 Å². The van der Waals surface area contributed by atoms with Crippen molar-refractivity contribution in [3.05, 3.63) is 12.3 Å².